The first-order chi connectivity index (χ1) is 8.27. The summed E-state index contributed by atoms with van der Waals surface area (Å²) in [5.41, 5.74) is 1.12. The van der Waals surface area contributed by atoms with Crippen molar-refractivity contribution in [3.05, 3.63) is 11.9 Å². The number of rotatable bonds is 4. The molecule has 2 rings (SSSR count). The van der Waals surface area contributed by atoms with Gasteiger partial charge in [-0.05, 0) is 12.8 Å². The van der Waals surface area contributed by atoms with Crippen LogP contribution in [0.2, 0.25) is 0 Å². The lowest BCUT2D eigenvalue weighted by atomic mass is 9.97. The Morgan fingerprint density at radius 2 is 2.06 bits per heavy atom. The molecule has 1 N–H and O–H groups in total. The molecule has 17 heavy (non-hydrogen) atoms. The zero-order valence-corrected chi connectivity index (χ0v) is 10.0. The van der Waals surface area contributed by atoms with Gasteiger partial charge >= 0.3 is 5.97 Å². The lowest BCUT2D eigenvalue weighted by molar-refractivity contribution is -0.137. The summed E-state index contributed by atoms with van der Waals surface area (Å²) in [7, 11) is 0. The van der Waals surface area contributed by atoms with Crippen LogP contribution in [0.1, 0.15) is 56.6 Å². The van der Waals surface area contributed by atoms with Crippen molar-refractivity contribution in [2.45, 2.75) is 57.4 Å². The molecule has 0 spiro atoms. The molecule has 0 amide bonds. The molecule has 1 heterocycles. The third kappa shape index (κ3) is 3.28. The van der Waals surface area contributed by atoms with E-state index in [1.54, 1.807) is 10.9 Å². The summed E-state index contributed by atoms with van der Waals surface area (Å²) < 4.78 is 1.77. The van der Waals surface area contributed by atoms with Crippen molar-refractivity contribution >= 4 is 5.97 Å². The van der Waals surface area contributed by atoms with Crippen LogP contribution in [-0.4, -0.2) is 26.1 Å². The van der Waals surface area contributed by atoms with Crippen molar-refractivity contribution in [2.24, 2.45) is 0 Å². The van der Waals surface area contributed by atoms with Crippen LogP contribution in [0.25, 0.3) is 0 Å². The molecule has 0 aromatic carbocycles. The van der Waals surface area contributed by atoms with Crippen molar-refractivity contribution in [1.82, 2.24) is 15.0 Å². The molecule has 0 aliphatic heterocycles. The standard InChI is InChI=1S/C12H19N3O2/c16-12(17)7-8-15-11(9-13-14-15)10-5-3-1-2-4-6-10/h9-10H,1-8H2,(H,16,17). The van der Waals surface area contributed by atoms with Crippen molar-refractivity contribution in [3.8, 4) is 0 Å². The maximum absolute atomic E-state index is 10.6. The minimum absolute atomic E-state index is 0.114. The van der Waals surface area contributed by atoms with Gasteiger partial charge in [0.2, 0.25) is 0 Å². The molecule has 0 radical (unpaired) electrons. The number of aliphatic carboxylic acids is 1. The number of carbonyl (C=O) groups is 1. The highest BCUT2D eigenvalue weighted by molar-refractivity contribution is 5.66. The van der Waals surface area contributed by atoms with Gasteiger partial charge in [0, 0.05) is 5.92 Å². The molecular formula is C12H19N3O2. The van der Waals surface area contributed by atoms with Gasteiger partial charge in [0.1, 0.15) is 0 Å². The second-order valence-electron chi connectivity index (χ2n) is 4.71. The van der Waals surface area contributed by atoms with Crippen molar-refractivity contribution in [1.29, 1.82) is 0 Å². The van der Waals surface area contributed by atoms with E-state index < -0.39 is 5.97 Å². The summed E-state index contributed by atoms with van der Waals surface area (Å²) >= 11 is 0. The molecule has 1 saturated carbocycles. The number of aromatic nitrogens is 3. The Morgan fingerprint density at radius 3 is 2.71 bits per heavy atom. The quantitative estimate of drug-likeness (QED) is 0.815. The number of hydrogen-bond donors (Lipinski definition) is 1. The van der Waals surface area contributed by atoms with Gasteiger partial charge in [0.15, 0.2) is 0 Å². The summed E-state index contributed by atoms with van der Waals surface area (Å²) in [4.78, 5) is 10.6. The number of hydrogen-bond acceptors (Lipinski definition) is 3. The Morgan fingerprint density at radius 1 is 1.35 bits per heavy atom. The molecule has 5 nitrogen and oxygen atoms in total. The summed E-state index contributed by atoms with van der Waals surface area (Å²) in [6.07, 6.45) is 9.42. The van der Waals surface area contributed by atoms with E-state index in [0.717, 1.165) is 5.69 Å². The highest BCUT2D eigenvalue weighted by atomic mass is 16.4. The van der Waals surface area contributed by atoms with Gasteiger partial charge in [-0.25, -0.2) is 4.68 Å². The van der Waals surface area contributed by atoms with Crippen LogP contribution in [0.4, 0.5) is 0 Å². The number of aryl methyl sites for hydroxylation is 1. The third-order valence-electron chi connectivity index (χ3n) is 3.46. The molecule has 5 heteroatoms. The molecule has 1 aromatic heterocycles. The molecule has 0 atom stereocenters. The first kappa shape index (κ1) is 12.1. The van der Waals surface area contributed by atoms with E-state index in [-0.39, 0.29) is 6.42 Å². The van der Waals surface area contributed by atoms with Gasteiger partial charge in [-0.3, -0.25) is 4.79 Å². The normalized spacial score (nSPS) is 17.9. The number of carboxylic acid groups (broad SMARTS) is 1. The second-order valence-corrected chi connectivity index (χ2v) is 4.71. The smallest absolute Gasteiger partial charge is 0.305 e. The maximum atomic E-state index is 10.6. The fourth-order valence-electron chi connectivity index (χ4n) is 2.53. The van der Waals surface area contributed by atoms with Crippen LogP contribution in [0.5, 0.6) is 0 Å². The fourth-order valence-corrected chi connectivity index (χ4v) is 2.53. The average molecular weight is 237 g/mol. The highest BCUT2D eigenvalue weighted by Crippen LogP contribution is 2.30. The zero-order chi connectivity index (χ0) is 12.1. The molecule has 1 aromatic rings. The minimum Gasteiger partial charge on any atom is -0.481 e. The van der Waals surface area contributed by atoms with E-state index >= 15 is 0 Å². The second kappa shape index (κ2) is 5.80. The van der Waals surface area contributed by atoms with Crippen LogP contribution < -0.4 is 0 Å². The summed E-state index contributed by atoms with van der Waals surface area (Å²) in [5.74, 6) is -0.270. The van der Waals surface area contributed by atoms with Gasteiger partial charge in [0.25, 0.3) is 0 Å². The lowest BCUT2D eigenvalue weighted by Gasteiger charge is -2.14. The van der Waals surface area contributed by atoms with Crippen molar-refractivity contribution in [2.75, 3.05) is 0 Å². The minimum atomic E-state index is -0.785. The van der Waals surface area contributed by atoms with Crippen molar-refractivity contribution < 1.29 is 9.90 Å². The first-order valence-corrected chi connectivity index (χ1v) is 6.37. The van der Waals surface area contributed by atoms with Crippen LogP contribution in [0.3, 0.4) is 0 Å². The van der Waals surface area contributed by atoms with Gasteiger partial charge in [0.05, 0.1) is 24.9 Å². The summed E-state index contributed by atoms with van der Waals surface area (Å²) in [5, 5.41) is 16.6. The van der Waals surface area contributed by atoms with Gasteiger partial charge in [-0.15, -0.1) is 5.10 Å². The van der Waals surface area contributed by atoms with E-state index in [4.69, 9.17) is 5.11 Å². The molecular weight excluding hydrogens is 218 g/mol. The molecule has 1 aliphatic rings. The van der Waals surface area contributed by atoms with E-state index in [1.165, 1.54) is 38.5 Å². The summed E-state index contributed by atoms with van der Waals surface area (Å²) in [6.45, 7) is 0.432. The number of nitrogens with zero attached hydrogens (tertiary/aromatic N) is 3. The largest absolute Gasteiger partial charge is 0.481 e. The van der Waals surface area contributed by atoms with Gasteiger partial charge in [-0.2, -0.15) is 0 Å². The highest BCUT2D eigenvalue weighted by Gasteiger charge is 2.19. The topological polar surface area (TPSA) is 68.0 Å². The van der Waals surface area contributed by atoms with Gasteiger partial charge < -0.3 is 5.11 Å². The Kier molecular flexibility index (Phi) is 4.12. The molecule has 0 bridgehead atoms. The van der Waals surface area contributed by atoms with Crippen LogP contribution in [0, 0.1) is 0 Å². The van der Waals surface area contributed by atoms with E-state index in [0.29, 0.717) is 12.5 Å². The predicted molar refractivity (Wildman–Crippen MR) is 62.7 cm³/mol. The Hall–Kier alpha value is -1.39. The SMILES string of the molecule is O=C(O)CCn1nncc1C1CCCCCC1. The fraction of sp³-hybridized carbons (Fsp3) is 0.750. The molecule has 0 saturated heterocycles. The van der Waals surface area contributed by atoms with Crippen LogP contribution >= 0.6 is 0 Å². The van der Waals surface area contributed by atoms with E-state index in [1.807, 2.05) is 0 Å². The predicted octanol–water partition coefficient (Wildman–Crippen LogP) is 2.19. The molecule has 1 fully saturated rings. The maximum Gasteiger partial charge on any atom is 0.305 e. The van der Waals surface area contributed by atoms with E-state index in [2.05, 4.69) is 10.3 Å². The molecule has 1 aliphatic carbocycles. The van der Waals surface area contributed by atoms with Crippen molar-refractivity contribution in [3.63, 3.8) is 0 Å². The summed E-state index contributed by atoms with van der Waals surface area (Å²) in [6, 6.07) is 0. The van der Waals surface area contributed by atoms with E-state index in [9.17, 15) is 4.79 Å². The van der Waals surface area contributed by atoms with Crippen LogP contribution in [0.15, 0.2) is 6.20 Å². The first-order valence-electron chi connectivity index (χ1n) is 6.37. The average Bonchev–Trinajstić information content (AvgIpc) is 2.60. The lowest BCUT2D eigenvalue weighted by Crippen LogP contribution is -2.12. The van der Waals surface area contributed by atoms with Crippen LogP contribution in [-0.2, 0) is 11.3 Å². The van der Waals surface area contributed by atoms with Gasteiger partial charge in [-0.1, -0.05) is 30.9 Å². The Labute approximate surface area is 101 Å². The molecule has 94 valence electrons. The molecule has 0 unspecified atom stereocenters. The Bertz CT molecular complexity index is 368. The monoisotopic (exact) mass is 237 g/mol. The number of carboxylic acids is 1. The zero-order valence-electron chi connectivity index (χ0n) is 10.0. The Balaban J connectivity index is 2.03. The third-order valence-corrected chi connectivity index (χ3v) is 3.46.